The molecule has 0 amide bonds. The van der Waals surface area contributed by atoms with Crippen LogP contribution in [-0.2, 0) is 0 Å². The SMILES string of the molecule is CC1=Nc2ccccc2C=C(c2ccccc2)N1CC1CCCCC1. The maximum absolute atomic E-state index is 4.95. The number of aliphatic imine (C=N–C) groups is 1. The Labute approximate surface area is 150 Å². The summed E-state index contributed by atoms with van der Waals surface area (Å²) >= 11 is 0. The minimum atomic E-state index is 0.771. The molecule has 25 heavy (non-hydrogen) atoms. The number of amidine groups is 1. The largest absolute Gasteiger partial charge is 0.329 e. The molecule has 1 heterocycles. The number of fused-ring (bicyclic) bond motifs is 1. The summed E-state index contributed by atoms with van der Waals surface area (Å²) < 4.78 is 0. The Morgan fingerprint density at radius 1 is 0.920 bits per heavy atom. The molecular formula is C23H26N2. The van der Waals surface area contributed by atoms with E-state index in [1.54, 1.807) is 0 Å². The van der Waals surface area contributed by atoms with Gasteiger partial charge < -0.3 is 4.90 Å². The number of para-hydroxylation sites is 1. The molecule has 0 spiro atoms. The average Bonchev–Trinajstić information content (AvgIpc) is 2.80. The van der Waals surface area contributed by atoms with Crippen LogP contribution < -0.4 is 0 Å². The maximum atomic E-state index is 4.95. The fourth-order valence-corrected chi connectivity index (χ4v) is 4.05. The first-order chi connectivity index (χ1) is 12.3. The van der Waals surface area contributed by atoms with Crippen LogP contribution in [0.5, 0.6) is 0 Å². The van der Waals surface area contributed by atoms with E-state index in [4.69, 9.17) is 4.99 Å². The molecule has 2 aromatic carbocycles. The lowest BCUT2D eigenvalue weighted by atomic mass is 9.88. The zero-order valence-corrected chi connectivity index (χ0v) is 15.0. The molecule has 1 aliphatic carbocycles. The van der Waals surface area contributed by atoms with Gasteiger partial charge in [0.2, 0.25) is 0 Å². The first-order valence-electron chi connectivity index (χ1n) is 9.50. The van der Waals surface area contributed by atoms with E-state index < -0.39 is 0 Å². The third-order valence-corrected chi connectivity index (χ3v) is 5.43. The Hall–Kier alpha value is -2.35. The highest BCUT2D eigenvalue weighted by molar-refractivity contribution is 5.99. The van der Waals surface area contributed by atoms with Crippen LogP contribution in [0.15, 0.2) is 59.6 Å². The van der Waals surface area contributed by atoms with E-state index in [-0.39, 0.29) is 0 Å². The molecule has 2 nitrogen and oxygen atoms in total. The summed E-state index contributed by atoms with van der Waals surface area (Å²) in [5, 5.41) is 0. The van der Waals surface area contributed by atoms with Gasteiger partial charge in [0, 0.05) is 17.8 Å². The number of rotatable bonds is 3. The van der Waals surface area contributed by atoms with Gasteiger partial charge in [-0.15, -0.1) is 0 Å². The molecule has 1 fully saturated rings. The molecule has 2 aromatic rings. The molecule has 0 aromatic heterocycles. The van der Waals surface area contributed by atoms with Crippen molar-refractivity contribution in [2.75, 3.05) is 6.54 Å². The molecule has 0 N–H and O–H groups in total. The molecule has 2 aliphatic rings. The smallest absolute Gasteiger partial charge is 0.106 e. The monoisotopic (exact) mass is 330 g/mol. The minimum absolute atomic E-state index is 0.771. The van der Waals surface area contributed by atoms with Gasteiger partial charge in [0.25, 0.3) is 0 Å². The fourth-order valence-electron chi connectivity index (χ4n) is 4.05. The molecule has 0 radical (unpaired) electrons. The van der Waals surface area contributed by atoms with Crippen molar-refractivity contribution in [3.8, 4) is 0 Å². The summed E-state index contributed by atoms with van der Waals surface area (Å²) in [6, 6.07) is 19.2. The van der Waals surface area contributed by atoms with Crippen molar-refractivity contribution < 1.29 is 0 Å². The van der Waals surface area contributed by atoms with Gasteiger partial charge in [0.05, 0.1) is 5.69 Å². The van der Waals surface area contributed by atoms with Crippen LogP contribution >= 0.6 is 0 Å². The van der Waals surface area contributed by atoms with E-state index >= 15 is 0 Å². The standard InChI is InChI=1S/C23H26N2/c1-18-24-22-15-9-8-14-21(22)16-23(20-12-6-3-7-13-20)25(18)17-19-10-4-2-5-11-19/h3,6-9,12-16,19H,2,4-5,10-11,17H2,1H3. The second-order valence-corrected chi connectivity index (χ2v) is 7.23. The van der Waals surface area contributed by atoms with Crippen molar-refractivity contribution in [1.82, 2.24) is 4.90 Å². The summed E-state index contributed by atoms with van der Waals surface area (Å²) in [6.07, 6.45) is 9.15. The lowest BCUT2D eigenvalue weighted by molar-refractivity contribution is 0.314. The highest BCUT2D eigenvalue weighted by Crippen LogP contribution is 2.34. The van der Waals surface area contributed by atoms with Crippen LogP contribution in [0.25, 0.3) is 11.8 Å². The van der Waals surface area contributed by atoms with Crippen molar-refractivity contribution in [2.45, 2.75) is 39.0 Å². The molecule has 0 unspecified atom stereocenters. The summed E-state index contributed by atoms with van der Waals surface area (Å²) in [6.45, 7) is 3.23. The van der Waals surface area contributed by atoms with Gasteiger partial charge in [-0.3, -0.25) is 0 Å². The van der Waals surface area contributed by atoms with Crippen LogP contribution in [0.3, 0.4) is 0 Å². The average molecular weight is 330 g/mol. The van der Waals surface area contributed by atoms with Crippen molar-refractivity contribution in [1.29, 1.82) is 0 Å². The van der Waals surface area contributed by atoms with Crippen molar-refractivity contribution in [3.05, 3.63) is 65.7 Å². The Bertz CT molecular complexity index is 783. The number of nitrogens with zero attached hydrogens (tertiary/aromatic N) is 2. The lowest BCUT2D eigenvalue weighted by Gasteiger charge is -2.32. The summed E-state index contributed by atoms with van der Waals surface area (Å²) in [5.74, 6) is 1.87. The minimum Gasteiger partial charge on any atom is -0.329 e. The van der Waals surface area contributed by atoms with Crippen LogP contribution in [0.1, 0.15) is 50.2 Å². The van der Waals surface area contributed by atoms with Gasteiger partial charge in [0.15, 0.2) is 0 Å². The Morgan fingerprint density at radius 3 is 2.44 bits per heavy atom. The number of benzene rings is 2. The third kappa shape index (κ3) is 3.53. The number of hydrogen-bond acceptors (Lipinski definition) is 2. The zero-order chi connectivity index (χ0) is 17.1. The van der Waals surface area contributed by atoms with E-state index in [1.165, 1.54) is 48.9 Å². The molecule has 2 heteroatoms. The first-order valence-corrected chi connectivity index (χ1v) is 9.50. The summed E-state index contributed by atoms with van der Waals surface area (Å²) in [4.78, 5) is 7.40. The fraction of sp³-hybridized carbons (Fsp3) is 0.348. The van der Waals surface area contributed by atoms with Gasteiger partial charge in [-0.2, -0.15) is 0 Å². The second-order valence-electron chi connectivity index (χ2n) is 7.23. The Morgan fingerprint density at radius 2 is 1.64 bits per heavy atom. The van der Waals surface area contributed by atoms with Crippen molar-refractivity contribution >= 4 is 23.3 Å². The molecule has 0 bridgehead atoms. The predicted molar refractivity (Wildman–Crippen MR) is 107 cm³/mol. The topological polar surface area (TPSA) is 15.6 Å². The van der Waals surface area contributed by atoms with Crippen LogP contribution in [0.2, 0.25) is 0 Å². The van der Waals surface area contributed by atoms with Gasteiger partial charge in [-0.05, 0) is 43.4 Å². The van der Waals surface area contributed by atoms with Crippen molar-refractivity contribution in [2.24, 2.45) is 10.9 Å². The maximum Gasteiger partial charge on any atom is 0.106 e. The van der Waals surface area contributed by atoms with Gasteiger partial charge in [-0.1, -0.05) is 67.8 Å². The lowest BCUT2D eigenvalue weighted by Crippen LogP contribution is -2.33. The van der Waals surface area contributed by atoms with Gasteiger partial charge >= 0.3 is 0 Å². The van der Waals surface area contributed by atoms with E-state index in [1.807, 2.05) is 0 Å². The highest BCUT2D eigenvalue weighted by Gasteiger charge is 2.23. The third-order valence-electron chi connectivity index (χ3n) is 5.43. The van der Waals surface area contributed by atoms with Crippen molar-refractivity contribution in [3.63, 3.8) is 0 Å². The van der Waals surface area contributed by atoms with E-state index in [0.717, 1.165) is 24.0 Å². The van der Waals surface area contributed by atoms with Gasteiger partial charge in [-0.25, -0.2) is 4.99 Å². The molecule has 128 valence electrons. The Balaban J connectivity index is 1.76. The first kappa shape index (κ1) is 16.1. The van der Waals surface area contributed by atoms with Gasteiger partial charge in [0.1, 0.15) is 5.84 Å². The summed E-state index contributed by atoms with van der Waals surface area (Å²) in [5.41, 5.74) is 4.81. The second kappa shape index (κ2) is 7.26. The molecule has 4 rings (SSSR count). The molecule has 1 aliphatic heterocycles. The normalized spacial score (nSPS) is 18.2. The quantitative estimate of drug-likeness (QED) is 0.661. The summed E-state index contributed by atoms with van der Waals surface area (Å²) in [7, 11) is 0. The number of hydrogen-bond donors (Lipinski definition) is 0. The van der Waals surface area contributed by atoms with Crippen LogP contribution in [0, 0.1) is 5.92 Å². The zero-order valence-electron chi connectivity index (χ0n) is 15.0. The van der Waals surface area contributed by atoms with Crippen LogP contribution in [-0.4, -0.2) is 17.3 Å². The highest BCUT2D eigenvalue weighted by atomic mass is 15.2. The molecule has 1 saturated carbocycles. The Kier molecular flexibility index (Phi) is 4.69. The molecule has 0 saturated heterocycles. The van der Waals surface area contributed by atoms with E-state index in [0.29, 0.717) is 0 Å². The van der Waals surface area contributed by atoms with E-state index in [2.05, 4.69) is 72.5 Å². The predicted octanol–water partition coefficient (Wildman–Crippen LogP) is 6.13. The van der Waals surface area contributed by atoms with E-state index in [9.17, 15) is 0 Å². The van der Waals surface area contributed by atoms with Crippen LogP contribution in [0.4, 0.5) is 5.69 Å². The molecular weight excluding hydrogens is 304 g/mol. The molecule has 0 atom stereocenters.